The van der Waals surface area contributed by atoms with Gasteiger partial charge in [0.25, 0.3) is 0 Å². The Balaban J connectivity index is 1.79. The van der Waals surface area contributed by atoms with Crippen LogP contribution in [0.2, 0.25) is 0 Å². The fraction of sp³-hybridized carbons (Fsp3) is 0.750. The summed E-state index contributed by atoms with van der Waals surface area (Å²) in [6.07, 6.45) is 6.97. The van der Waals surface area contributed by atoms with E-state index in [0.29, 0.717) is 25.4 Å². The molecule has 1 N–H and O–H groups in total. The summed E-state index contributed by atoms with van der Waals surface area (Å²) in [6, 6.07) is 0. The lowest BCUT2D eigenvalue weighted by atomic mass is 9.42. The van der Waals surface area contributed by atoms with E-state index >= 15 is 0 Å². The molecule has 3 saturated carbocycles. The molecule has 0 heterocycles. The highest BCUT2D eigenvalue weighted by atomic mass is 16.5. The van der Waals surface area contributed by atoms with Crippen molar-refractivity contribution in [1.82, 2.24) is 5.32 Å². The van der Waals surface area contributed by atoms with Gasteiger partial charge < -0.3 is 14.8 Å². The number of fused-ring (bicyclic) bond motifs is 3. The molecule has 0 aromatic carbocycles. The van der Waals surface area contributed by atoms with E-state index in [0.717, 1.165) is 36.8 Å². The van der Waals surface area contributed by atoms with E-state index < -0.39 is 0 Å². The van der Waals surface area contributed by atoms with E-state index in [4.69, 9.17) is 9.47 Å². The van der Waals surface area contributed by atoms with Gasteiger partial charge in [-0.05, 0) is 69.7 Å². The normalized spacial score (nSPS) is 35.7. The number of Topliss-reactive ketones (excluding diaryl/α,β-unsaturated/α-hetero) is 1. The number of carbonyl (C=O) groups excluding carboxylic acids is 3. The first-order valence-electron chi connectivity index (χ1n) is 12.8. The van der Waals surface area contributed by atoms with Gasteiger partial charge in [-0.3, -0.25) is 4.79 Å². The molecule has 0 spiro atoms. The number of likely N-dealkylation sites (N-methyl/N-ethyl adjacent to an activating group) is 1. The molecular formula is C28H43NO5. The van der Waals surface area contributed by atoms with Crippen molar-refractivity contribution >= 4 is 17.7 Å². The first kappa shape index (κ1) is 26.7. The van der Waals surface area contributed by atoms with Gasteiger partial charge in [-0.15, -0.1) is 0 Å². The van der Waals surface area contributed by atoms with Crippen LogP contribution in [-0.4, -0.2) is 44.0 Å². The van der Waals surface area contributed by atoms with Gasteiger partial charge in [0, 0.05) is 36.5 Å². The summed E-state index contributed by atoms with van der Waals surface area (Å²) >= 11 is 0. The molecule has 6 heteroatoms. The minimum Gasteiger partial charge on any atom is -0.461 e. The Morgan fingerprint density at radius 3 is 2.50 bits per heavy atom. The second-order valence-corrected chi connectivity index (χ2v) is 11.7. The molecule has 3 fully saturated rings. The predicted octanol–water partition coefficient (Wildman–Crippen LogP) is 4.63. The van der Waals surface area contributed by atoms with Crippen molar-refractivity contribution in [2.45, 2.75) is 79.8 Å². The second-order valence-electron chi connectivity index (χ2n) is 11.7. The quantitative estimate of drug-likeness (QED) is 0.344. The molecule has 3 aliphatic carbocycles. The highest BCUT2D eigenvalue weighted by molar-refractivity contribution is 5.86. The smallest absolute Gasteiger partial charge is 0.330 e. The first-order valence-corrected chi connectivity index (χ1v) is 12.8. The van der Waals surface area contributed by atoms with Crippen molar-refractivity contribution in [3.05, 3.63) is 23.3 Å². The molecule has 190 valence electrons. The summed E-state index contributed by atoms with van der Waals surface area (Å²) < 4.78 is 11.2. The van der Waals surface area contributed by atoms with Gasteiger partial charge in [0.1, 0.15) is 18.5 Å². The number of hydrogen-bond donors (Lipinski definition) is 1. The lowest BCUT2D eigenvalue weighted by molar-refractivity contribution is -0.186. The Kier molecular flexibility index (Phi) is 8.11. The fourth-order valence-corrected chi connectivity index (χ4v) is 7.16. The number of rotatable bonds is 6. The fourth-order valence-electron chi connectivity index (χ4n) is 7.16. The maximum absolute atomic E-state index is 13.6. The third-order valence-electron chi connectivity index (χ3n) is 8.96. The van der Waals surface area contributed by atoms with Gasteiger partial charge in [0.15, 0.2) is 0 Å². The summed E-state index contributed by atoms with van der Waals surface area (Å²) in [5.74, 6) is 0.103. The SMILES string of the molecule is CNCCOC(=O)/C=C1\CCC2C(C(=O)CC3C(C)(C)C(OC(=O)C=C(C)C)CCC23C)C1C. The number of ketones is 1. The molecule has 6 unspecified atom stereocenters. The Bertz CT molecular complexity index is 868. The van der Waals surface area contributed by atoms with Gasteiger partial charge in [-0.1, -0.05) is 38.8 Å². The van der Waals surface area contributed by atoms with E-state index in [2.05, 4.69) is 33.0 Å². The Labute approximate surface area is 204 Å². The third-order valence-corrected chi connectivity index (χ3v) is 8.96. The number of allylic oxidation sites excluding steroid dienone is 2. The zero-order valence-electron chi connectivity index (χ0n) is 22.0. The summed E-state index contributed by atoms with van der Waals surface area (Å²) in [5, 5.41) is 2.96. The number of esters is 2. The molecular weight excluding hydrogens is 430 g/mol. The van der Waals surface area contributed by atoms with Crippen LogP contribution in [0.4, 0.5) is 0 Å². The predicted molar refractivity (Wildman–Crippen MR) is 132 cm³/mol. The molecule has 0 bridgehead atoms. The maximum atomic E-state index is 13.6. The Morgan fingerprint density at radius 2 is 1.85 bits per heavy atom. The van der Waals surface area contributed by atoms with Crippen molar-refractivity contribution in [3.63, 3.8) is 0 Å². The monoisotopic (exact) mass is 473 g/mol. The van der Waals surface area contributed by atoms with Crippen LogP contribution in [0.1, 0.15) is 73.6 Å². The van der Waals surface area contributed by atoms with Crippen molar-refractivity contribution in [1.29, 1.82) is 0 Å². The minimum atomic E-state index is -0.317. The Hall–Kier alpha value is -1.95. The zero-order valence-corrected chi connectivity index (χ0v) is 22.0. The first-order chi connectivity index (χ1) is 15.9. The number of ether oxygens (including phenoxy) is 2. The van der Waals surface area contributed by atoms with Crippen LogP contribution in [0, 0.1) is 34.5 Å². The molecule has 0 amide bonds. The highest BCUT2D eigenvalue weighted by Crippen LogP contribution is 2.64. The molecule has 0 saturated heterocycles. The van der Waals surface area contributed by atoms with Crippen LogP contribution in [0.3, 0.4) is 0 Å². The summed E-state index contributed by atoms with van der Waals surface area (Å²) in [5.41, 5.74) is 1.68. The molecule has 0 aromatic heterocycles. The molecule has 3 aliphatic rings. The van der Waals surface area contributed by atoms with Gasteiger partial charge >= 0.3 is 11.9 Å². The number of hydrogen-bond acceptors (Lipinski definition) is 6. The molecule has 0 aliphatic heterocycles. The van der Waals surface area contributed by atoms with Gasteiger partial charge in [0.05, 0.1) is 0 Å². The van der Waals surface area contributed by atoms with E-state index in [1.165, 1.54) is 0 Å². The second kappa shape index (κ2) is 10.3. The highest BCUT2D eigenvalue weighted by Gasteiger charge is 2.62. The third kappa shape index (κ3) is 5.17. The minimum absolute atomic E-state index is 0.00852. The number of nitrogens with one attached hydrogen (secondary N) is 1. The van der Waals surface area contributed by atoms with E-state index in [9.17, 15) is 14.4 Å². The van der Waals surface area contributed by atoms with E-state index in [1.807, 2.05) is 20.9 Å². The molecule has 6 atom stereocenters. The number of carbonyl (C=O) groups is 3. The van der Waals surface area contributed by atoms with E-state index in [1.54, 1.807) is 12.2 Å². The molecule has 3 rings (SSSR count). The molecule has 34 heavy (non-hydrogen) atoms. The van der Waals surface area contributed by atoms with Crippen LogP contribution in [0.5, 0.6) is 0 Å². The van der Waals surface area contributed by atoms with Crippen LogP contribution < -0.4 is 5.32 Å². The van der Waals surface area contributed by atoms with Gasteiger partial charge in [0.2, 0.25) is 0 Å². The Morgan fingerprint density at radius 1 is 1.15 bits per heavy atom. The van der Waals surface area contributed by atoms with Crippen molar-refractivity contribution < 1.29 is 23.9 Å². The largest absolute Gasteiger partial charge is 0.461 e. The average Bonchev–Trinajstić information content (AvgIpc) is 2.73. The van der Waals surface area contributed by atoms with Gasteiger partial charge in [-0.2, -0.15) is 0 Å². The zero-order chi connectivity index (χ0) is 25.3. The van der Waals surface area contributed by atoms with E-state index in [-0.39, 0.29) is 52.5 Å². The van der Waals surface area contributed by atoms with Gasteiger partial charge in [-0.25, -0.2) is 9.59 Å². The van der Waals surface area contributed by atoms with Crippen LogP contribution in [0.15, 0.2) is 23.3 Å². The topological polar surface area (TPSA) is 81.7 Å². The molecule has 0 aromatic rings. The lowest BCUT2D eigenvalue weighted by Gasteiger charge is -2.62. The van der Waals surface area contributed by atoms with Crippen LogP contribution in [-0.2, 0) is 23.9 Å². The maximum Gasteiger partial charge on any atom is 0.330 e. The van der Waals surface area contributed by atoms with Crippen molar-refractivity contribution in [3.8, 4) is 0 Å². The summed E-state index contributed by atoms with van der Waals surface area (Å²) in [7, 11) is 1.82. The standard InChI is InChI=1S/C28H43NO5/c1-17(2)14-25(32)34-23-10-11-28(6)20-9-8-19(15-24(31)33-13-12-29-7)18(3)26(20)21(30)16-22(28)27(23,4)5/h14-15,18,20,22-23,26,29H,8-13,16H2,1-7H3/b19-15+. The van der Waals surface area contributed by atoms with Crippen molar-refractivity contribution in [2.75, 3.05) is 20.2 Å². The molecule has 0 radical (unpaired) electrons. The average molecular weight is 474 g/mol. The summed E-state index contributed by atoms with van der Waals surface area (Å²) in [6.45, 7) is 13.5. The van der Waals surface area contributed by atoms with Crippen LogP contribution >= 0.6 is 0 Å². The van der Waals surface area contributed by atoms with Crippen LogP contribution in [0.25, 0.3) is 0 Å². The summed E-state index contributed by atoms with van der Waals surface area (Å²) in [4.78, 5) is 38.2. The molecule has 6 nitrogen and oxygen atoms in total. The van der Waals surface area contributed by atoms with Crippen molar-refractivity contribution in [2.24, 2.45) is 34.5 Å². The lowest BCUT2D eigenvalue weighted by Crippen LogP contribution is -2.60.